The molecule has 7 heteroatoms. The lowest BCUT2D eigenvalue weighted by atomic mass is 10.1. The van der Waals surface area contributed by atoms with Gasteiger partial charge in [-0.25, -0.2) is 9.18 Å². The lowest BCUT2D eigenvalue weighted by molar-refractivity contribution is 0.0470. The summed E-state index contributed by atoms with van der Waals surface area (Å²) in [5.74, 6) is -2.01. The van der Waals surface area contributed by atoms with E-state index in [0.717, 1.165) is 36.9 Å². The summed E-state index contributed by atoms with van der Waals surface area (Å²) in [6.45, 7) is 4.79. The molecule has 2 heterocycles. The molecule has 27 heavy (non-hydrogen) atoms. The highest BCUT2D eigenvalue weighted by molar-refractivity contribution is 6.30. The maximum absolute atomic E-state index is 13.8. The predicted octanol–water partition coefficient (Wildman–Crippen LogP) is 4.12. The van der Waals surface area contributed by atoms with Gasteiger partial charge in [0.1, 0.15) is 5.82 Å². The molecule has 0 spiro atoms. The molecule has 0 bridgehead atoms. The molecular formula is C20H21ClFNO4. The van der Waals surface area contributed by atoms with Crippen LogP contribution >= 0.6 is 11.6 Å². The lowest BCUT2D eigenvalue weighted by Crippen LogP contribution is -2.18. The number of nitrogens with zero attached hydrogens (tertiary/aromatic N) is 1. The molecule has 1 atom stereocenters. The summed E-state index contributed by atoms with van der Waals surface area (Å²) in [6, 6.07) is 5.43. The first-order valence-corrected chi connectivity index (χ1v) is 9.18. The number of ketones is 1. The molecule has 0 saturated carbocycles. The standard InChI is InChI=1S/C20H21ClFNO4/c1-12-8-17(13(2)23(12)10-15-4-3-7-26-15)19(24)11-27-20(25)16-6-5-14(21)9-18(16)22/h5-6,8-9,15H,3-4,7,10-11H2,1-2H3/t15-/m1/s1. The van der Waals surface area contributed by atoms with Crippen molar-refractivity contribution in [3.63, 3.8) is 0 Å². The number of aryl methyl sites for hydroxylation is 1. The Morgan fingerprint density at radius 3 is 2.74 bits per heavy atom. The van der Waals surface area contributed by atoms with Crippen LogP contribution in [0.3, 0.4) is 0 Å². The third-order valence-electron chi connectivity index (χ3n) is 4.77. The second kappa shape index (κ2) is 8.23. The van der Waals surface area contributed by atoms with E-state index < -0.39 is 18.4 Å². The van der Waals surface area contributed by atoms with E-state index in [1.165, 1.54) is 12.1 Å². The number of Topliss-reactive ketones (excluding diaryl/α,β-unsaturated/α-hetero) is 1. The van der Waals surface area contributed by atoms with Gasteiger partial charge in [0.15, 0.2) is 6.61 Å². The number of hydrogen-bond donors (Lipinski definition) is 0. The van der Waals surface area contributed by atoms with Gasteiger partial charge in [-0.2, -0.15) is 0 Å². The van der Waals surface area contributed by atoms with Crippen molar-refractivity contribution < 1.29 is 23.5 Å². The zero-order valence-corrected chi connectivity index (χ0v) is 16.0. The van der Waals surface area contributed by atoms with E-state index in [9.17, 15) is 14.0 Å². The van der Waals surface area contributed by atoms with Crippen LogP contribution in [-0.4, -0.2) is 35.6 Å². The predicted molar refractivity (Wildman–Crippen MR) is 98.9 cm³/mol. The summed E-state index contributed by atoms with van der Waals surface area (Å²) in [5.41, 5.74) is 1.99. The second-order valence-electron chi connectivity index (χ2n) is 6.65. The second-order valence-corrected chi connectivity index (χ2v) is 7.09. The number of esters is 1. The van der Waals surface area contributed by atoms with Crippen LogP contribution < -0.4 is 0 Å². The number of carbonyl (C=O) groups excluding carboxylic acids is 2. The Bertz CT molecular complexity index is 871. The topological polar surface area (TPSA) is 57.5 Å². The maximum atomic E-state index is 13.8. The van der Waals surface area contributed by atoms with E-state index in [2.05, 4.69) is 0 Å². The molecule has 1 aromatic carbocycles. The van der Waals surface area contributed by atoms with Gasteiger partial charge in [-0.05, 0) is 51.0 Å². The van der Waals surface area contributed by atoms with Crippen LogP contribution in [0.4, 0.5) is 4.39 Å². The highest BCUT2D eigenvalue weighted by atomic mass is 35.5. The Hall–Kier alpha value is -2.18. The summed E-state index contributed by atoms with van der Waals surface area (Å²) in [5, 5.41) is 0.179. The van der Waals surface area contributed by atoms with Crippen LogP contribution in [0.15, 0.2) is 24.3 Å². The summed E-state index contributed by atoms with van der Waals surface area (Å²) < 4.78 is 26.5. The molecule has 0 amide bonds. The molecule has 2 aromatic rings. The fourth-order valence-electron chi connectivity index (χ4n) is 3.30. The van der Waals surface area contributed by atoms with Crippen LogP contribution in [0, 0.1) is 19.7 Å². The molecule has 0 radical (unpaired) electrons. The van der Waals surface area contributed by atoms with E-state index in [0.29, 0.717) is 12.1 Å². The molecule has 3 rings (SSSR count). The lowest BCUT2D eigenvalue weighted by Gasteiger charge is -2.14. The molecule has 5 nitrogen and oxygen atoms in total. The largest absolute Gasteiger partial charge is 0.454 e. The minimum absolute atomic E-state index is 0.156. The molecule has 1 fully saturated rings. The van der Waals surface area contributed by atoms with Crippen molar-refractivity contribution >= 4 is 23.4 Å². The Kier molecular flexibility index (Phi) is 5.97. The zero-order chi connectivity index (χ0) is 19.6. The average Bonchev–Trinajstić information content (AvgIpc) is 3.23. The van der Waals surface area contributed by atoms with Gasteiger partial charge in [0.2, 0.25) is 5.78 Å². The van der Waals surface area contributed by atoms with Crippen molar-refractivity contribution in [1.29, 1.82) is 0 Å². The summed E-state index contributed by atoms with van der Waals surface area (Å²) in [7, 11) is 0. The van der Waals surface area contributed by atoms with Crippen LogP contribution in [0.25, 0.3) is 0 Å². The van der Waals surface area contributed by atoms with E-state index in [1.807, 2.05) is 18.4 Å². The van der Waals surface area contributed by atoms with E-state index in [-0.39, 0.29) is 22.5 Å². The number of hydrogen-bond acceptors (Lipinski definition) is 4. The Balaban J connectivity index is 1.66. The molecule has 1 aromatic heterocycles. The number of aromatic nitrogens is 1. The van der Waals surface area contributed by atoms with Crippen LogP contribution in [-0.2, 0) is 16.0 Å². The first-order valence-electron chi connectivity index (χ1n) is 8.80. The van der Waals surface area contributed by atoms with Crippen LogP contribution in [0.1, 0.15) is 44.9 Å². The van der Waals surface area contributed by atoms with Crippen molar-refractivity contribution in [3.05, 3.63) is 57.6 Å². The summed E-state index contributed by atoms with van der Waals surface area (Å²) in [4.78, 5) is 24.5. The highest BCUT2D eigenvalue weighted by Gasteiger charge is 2.22. The Labute approximate surface area is 162 Å². The van der Waals surface area contributed by atoms with Gasteiger partial charge in [0, 0.05) is 35.1 Å². The van der Waals surface area contributed by atoms with Gasteiger partial charge < -0.3 is 14.0 Å². The molecule has 1 aliphatic heterocycles. The van der Waals surface area contributed by atoms with Gasteiger partial charge in [-0.3, -0.25) is 4.79 Å². The summed E-state index contributed by atoms with van der Waals surface area (Å²) >= 11 is 5.67. The fraction of sp³-hybridized carbons (Fsp3) is 0.400. The van der Waals surface area contributed by atoms with Gasteiger partial charge in [0.25, 0.3) is 0 Å². The third kappa shape index (κ3) is 4.39. The van der Waals surface area contributed by atoms with Gasteiger partial charge in [0.05, 0.1) is 11.7 Å². The van der Waals surface area contributed by atoms with Crippen molar-refractivity contribution in [2.45, 2.75) is 39.3 Å². The van der Waals surface area contributed by atoms with Crippen molar-refractivity contribution in [3.8, 4) is 0 Å². The number of rotatable bonds is 6. The highest BCUT2D eigenvalue weighted by Crippen LogP contribution is 2.21. The fourth-order valence-corrected chi connectivity index (χ4v) is 3.46. The monoisotopic (exact) mass is 393 g/mol. The molecule has 0 unspecified atom stereocenters. The molecule has 144 valence electrons. The van der Waals surface area contributed by atoms with Crippen molar-refractivity contribution in [2.24, 2.45) is 0 Å². The van der Waals surface area contributed by atoms with Crippen LogP contribution in [0.2, 0.25) is 5.02 Å². The molecule has 0 aliphatic carbocycles. The van der Waals surface area contributed by atoms with E-state index in [1.54, 1.807) is 6.07 Å². The SMILES string of the molecule is Cc1cc(C(=O)COC(=O)c2ccc(Cl)cc2F)c(C)n1C[C@H]1CCCO1. The normalized spacial score (nSPS) is 16.5. The molecule has 0 N–H and O–H groups in total. The first-order chi connectivity index (χ1) is 12.9. The summed E-state index contributed by atoms with van der Waals surface area (Å²) in [6.07, 6.45) is 2.21. The number of carbonyl (C=O) groups is 2. The van der Waals surface area contributed by atoms with Gasteiger partial charge >= 0.3 is 5.97 Å². The number of ether oxygens (including phenoxy) is 2. The minimum Gasteiger partial charge on any atom is -0.454 e. The third-order valence-corrected chi connectivity index (χ3v) is 5.00. The first kappa shape index (κ1) is 19.6. The zero-order valence-electron chi connectivity index (χ0n) is 15.3. The quantitative estimate of drug-likeness (QED) is 0.547. The number of halogens is 2. The smallest absolute Gasteiger partial charge is 0.341 e. The Morgan fingerprint density at radius 1 is 1.30 bits per heavy atom. The molecule has 1 aliphatic rings. The Morgan fingerprint density at radius 2 is 2.07 bits per heavy atom. The average molecular weight is 394 g/mol. The van der Waals surface area contributed by atoms with Crippen molar-refractivity contribution in [1.82, 2.24) is 4.57 Å². The number of benzene rings is 1. The van der Waals surface area contributed by atoms with Crippen molar-refractivity contribution in [2.75, 3.05) is 13.2 Å². The van der Waals surface area contributed by atoms with Gasteiger partial charge in [-0.1, -0.05) is 11.6 Å². The van der Waals surface area contributed by atoms with Crippen LogP contribution in [0.5, 0.6) is 0 Å². The maximum Gasteiger partial charge on any atom is 0.341 e. The van der Waals surface area contributed by atoms with Gasteiger partial charge in [-0.15, -0.1) is 0 Å². The van der Waals surface area contributed by atoms with E-state index in [4.69, 9.17) is 21.1 Å². The minimum atomic E-state index is -0.898. The molecule has 1 saturated heterocycles. The molecular weight excluding hydrogens is 373 g/mol. The van der Waals surface area contributed by atoms with E-state index >= 15 is 0 Å².